The molecular formula is C10H14N4O3. The van der Waals surface area contributed by atoms with E-state index < -0.39 is 5.97 Å². The van der Waals surface area contributed by atoms with E-state index in [2.05, 4.69) is 20.4 Å². The van der Waals surface area contributed by atoms with Crippen molar-refractivity contribution in [2.75, 3.05) is 31.8 Å². The standard InChI is InChI=1S/C10H14N4O3/c1-12-7(15)5-14-9-8(11)6(3-4-13-9)10(16)17-2/h3-4H,5,11H2,1-2H3,(H,12,15)(H,13,14). The van der Waals surface area contributed by atoms with Gasteiger partial charge in [0.2, 0.25) is 5.91 Å². The number of aromatic nitrogens is 1. The number of ether oxygens (including phenoxy) is 1. The Labute approximate surface area is 98.4 Å². The minimum atomic E-state index is -0.548. The molecule has 0 atom stereocenters. The topological polar surface area (TPSA) is 106 Å². The maximum absolute atomic E-state index is 11.3. The molecule has 0 fully saturated rings. The first-order valence-electron chi connectivity index (χ1n) is 4.87. The summed E-state index contributed by atoms with van der Waals surface area (Å²) in [6, 6.07) is 1.45. The third-order valence-electron chi connectivity index (χ3n) is 2.09. The number of pyridine rings is 1. The van der Waals surface area contributed by atoms with Crippen LogP contribution in [-0.2, 0) is 9.53 Å². The van der Waals surface area contributed by atoms with E-state index in [1.54, 1.807) is 0 Å². The van der Waals surface area contributed by atoms with Gasteiger partial charge in [0.25, 0.3) is 0 Å². The lowest BCUT2D eigenvalue weighted by Gasteiger charge is -2.09. The third-order valence-corrected chi connectivity index (χ3v) is 2.09. The van der Waals surface area contributed by atoms with Crippen molar-refractivity contribution in [2.45, 2.75) is 0 Å². The number of methoxy groups -OCH3 is 1. The number of hydrogen-bond acceptors (Lipinski definition) is 6. The van der Waals surface area contributed by atoms with Crippen molar-refractivity contribution in [1.82, 2.24) is 10.3 Å². The first-order valence-corrected chi connectivity index (χ1v) is 4.87. The van der Waals surface area contributed by atoms with Gasteiger partial charge in [-0.2, -0.15) is 0 Å². The first kappa shape index (κ1) is 12.8. The first-order chi connectivity index (χ1) is 8.10. The second kappa shape index (κ2) is 5.69. The van der Waals surface area contributed by atoms with Crippen LogP contribution >= 0.6 is 0 Å². The van der Waals surface area contributed by atoms with Crippen LogP contribution in [0.4, 0.5) is 11.5 Å². The van der Waals surface area contributed by atoms with Gasteiger partial charge in [-0.05, 0) is 6.07 Å². The average Bonchev–Trinajstić information content (AvgIpc) is 2.36. The van der Waals surface area contributed by atoms with Gasteiger partial charge in [-0.25, -0.2) is 9.78 Å². The molecular weight excluding hydrogens is 224 g/mol. The highest BCUT2D eigenvalue weighted by Gasteiger charge is 2.13. The number of amides is 1. The molecule has 1 amide bonds. The van der Waals surface area contributed by atoms with Gasteiger partial charge in [-0.3, -0.25) is 4.79 Å². The van der Waals surface area contributed by atoms with E-state index in [1.165, 1.54) is 26.4 Å². The van der Waals surface area contributed by atoms with E-state index in [0.29, 0.717) is 0 Å². The SMILES string of the molecule is CNC(=O)CNc1nccc(C(=O)OC)c1N. The van der Waals surface area contributed by atoms with Crippen molar-refractivity contribution >= 4 is 23.4 Å². The van der Waals surface area contributed by atoms with Gasteiger partial charge in [-0.15, -0.1) is 0 Å². The number of likely N-dealkylation sites (N-methyl/N-ethyl adjacent to an activating group) is 1. The van der Waals surface area contributed by atoms with Crippen LogP contribution < -0.4 is 16.4 Å². The highest BCUT2D eigenvalue weighted by atomic mass is 16.5. The summed E-state index contributed by atoms with van der Waals surface area (Å²) in [6.07, 6.45) is 1.41. The lowest BCUT2D eigenvalue weighted by atomic mass is 10.2. The largest absolute Gasteiger partial charge is 0.465 e. The Bertz CT molecular complexity index is 434. The molecule has 7 heteroatoms. The van der Waals surface area contributed by atoms with Crippen LogP contribution in [-0.4, -0.2) is 37.6 Å². The number of nitrogen functional groups attached to an aromatic ring is 1. The molecule has 92 valence electrons. The summed E-state index contributed by atoms with van der Waals surface area (Å²) in [6.45, 7) is 0.0261. The molecule has 7 nitrogen and oxygen atoms in total. The lowest BCUT2D eigenvalue weighted by Crippen LogP contribution is -2.27. The minimum absolute atomic E-state index is 0.0261. The van der Waals surface area contributed by atoms with Crippen molar-refractivity contribution in [3.8, 4) is 0 Å². The molecule has 0 aromatic carbocycles. The molecule has 0 aliphatic carbocycles. The van der Waals surface area contributed by atoms with Crippen LogP contribution in [0, 0.1) is 0 Å². The van der Waals surface area contributed by atoms with Crippen molar-refractivity contribution in [1.29, 1.82) is 0 Å². The van der Waals surface area contributed by atoms with Crippen LogP contribution in [0.3, 0.4) is 0 Å². The van der Waals surface area contributed by atoms with Gasteiger partial charge in [0, 0.05) is 13.2 Å². The van der Waals surface area contributed by atoms with E-state index in [1.807, 2.05) is 0 Å². The second-order valence-electron chi connectivity index (χ2n) is 3.14. The Morgan fingerprint density at radius 3 is 2.82 bits per heavy atom. The summed E-state index contributed by atoms with van der Waals surface area (Å²) >= 11 is 0. The predicted molar refractivity (Wildman–Crippen MR) is 62.5 cm³/mol. The normalized spacial score (nSPS) is 9.53. The zero-order valence-corrected chi connectivity index (χ0v) is 9.61. The Kier molecular flexibility index (Phi) is 4.27. The predicted octanol–water partition coefficient (Wildman–Crippen LogP) is -0.392. The average molecular weight is 238 g/mol. The highest BCUT2D eigenvalue weighted by Crippen LogP contribution is 2.20. The molecule has 4 N–H and O–H groups in total. The van der Waals surface area contributed by atoms with Gasteiger partial charge >= 0.3 is 5.97 Å². The summed E-state index contributed by atoms with van der Waals surface area (Å²) in [5.74, 6) is -0.487. The molecule has 0 saturated carbocycles. The third kappa shape index (κ3) is 3.07. The summed E-state index contributed by atoms with van der Waals surface area (Å²) in [4.78, 5) is 26.3. The van der Waals surface area contributed by atoms with E-state index in [9.17, 15) is 9.59 Å². The fourth-order valence-electron chi connectivity index (χ4n) is 1.15. The molecule has 1 rings (SSSR count). The number of nitrogens with one attached hydrogen (secondary N) is 2. The number of nitrogens with zero attached hydrogens (tertiary/aromatic N) is 1. The molecule has 0 bridgehead atoms. The van der Waals surface area contributed by atoms with Gasteiger partial charge in [0.15, 0.2) is 0 Å². The second-order valence-corrected chi connectivity index (χ2v) is 3.14. The summed E-state index contributed by atoms with van der Waals surface area (Å²) < 4.78 is 4.57. The molecule has 0 spiro atoms. The number of hydrogen-bond donors (Lipinski definition) is 3. The van der Waals surface area contributed by atoms with Crippen LogP contribution in [0.1, 0.15) is 10.4 Å². The van der Waals surface area contributed by atoms with Crippen molar-refractivity contribution in [2.24, 2.45) is 0 Å². The van der Waals surface area contributed by atoms with Gasteiger partial charge < -0.3 is 21.1 Å². The molecule has 1 aromatic rings. The molecule has 0 radical (unpaired) electrons. The van der Waals surface area contributed by atoms with Gasteiger partial charge in [-0.1, -0.05) is 0 Å². The van der Waals surface area contributed by atoms with Crippen LogP contribution in [0.15, 0.2) is 12.3 Å². The summed E-state index contributed by atoms with van der Waals surface area (Å²) in [7, 11) is 2.78. The zero-order chi connectivity index (χ0) is 12.8. The Balaban J connectivity index is 2.87. The Morgan fingerprint density at radius 1 is 1.53 bits per heavy atom. The van der Waals surface area contributed by atoms with Crippen LogP contribution in [0.25, 0.3) is 0 Å². The minimum Gasteiger partial charge on any atom is -0.465 e. The quantitative estimate of drug-likeness (QED) is 0.617. The summed E-state index contributed by atoms with van der Waals surface area (Å²) in [5.41, 5.74) is 6.10. The zero-order valence-electron chi connectivity index (χ0n) is 9.61. The van der Waals surface area contributed by atoms with E-state index >= 15 is 0 Å². The molecule has 0 aliphatic rings. The number of carbonyl (C=O) groups excluding carboxylic acids is 2. The number of carbonyl (C=O) groups is 2. The number of anilines is 2. The lowest BCUT2D eigenvalue weighted by molar-refractivity contribution is -0.118. The smallest absolute Gasteiger partial charge is 0.340 e. The Hall–Kier alpha value is -2.31. The maximum Gasteiger partial charge on any atom is 0.340 e. The van der Waals surface area contributed by atoms with E-state index in [4.69, 9.17) is 5.73 Å². The fourth-order valence-corrected chi connectivity index (χ4v) is 1.15. The van der Waals surface area contributed by atoms with E-state index in [-0.39, 0.29) is 29.5 Å². The number of nitrogens with two attached hydrogens (primary N) is 1. The molecule has 0 unspecified atom stereocenters. The van der Waals surface area contributed by atoms with Crippen LogP contribution in [0.2, 0.25) is 0 Å². The fraction of sp³-hybridized carbons (Fsp3) is 0.300. The molecule has 0 aliphatic heterocycles. The van der Waals surface area contributed by atoms with E-state index in [0.717, 1.165) is 0 Å². The van der Waals surface area contributed by atoms with Crippen molar-refractivity contribution in [3.05, 3.63) is 17.8 Å². The molecule has 1 heterocycles. The van der Waals surface area contributed by atoms with Crippen LogP contribution in [0.5, 0.6) is 0 Å². The van der Waals surface area contributed by atoms with Gasteiger partial charge in [0.05, 0.1) is 24.9 Å². The number of rotatable bonds is 4. The summed E-state index contributed by atoms with van der Waals surface area (Å²) in [5, 5.41) is 5.17. The Morgan fingerprint density at radius 2 is 2.24 bits per heavy atom. The molecule has 0 saturated heterocycles. The molecule has 17 heavy (non-hydrogen) atoms. The molecule has 1 aromatic heterocycles. The highest BCUT2D eigenvalue weighted by molar-refractivity contribution is 5.97. The number of esters is 1. The van der Waals surface area contributed by atoms with Crippen molar-refractivity contribution < 1.29 is 14.3 Å². The van der Waals surface area contributed by atoms with Gasteiger partial charge in [0.1, 0.15) is 5.82 Å². The maximum atomic E-state index is 11.3. The van der Waals surface area contributed by atoms with Crippen molar-refractivity contribution in [3.63, 3.8) is 0 Å². The monoisotopic (exact) mass is 238 g/mol.